The minimum atomic E-state index is -0.344. The summed E-state index contributed by atoms with van der Waals surface area (Å²) >= 11 is 5.62. The molecule has 0 atom stereocenters. The van der Waals surface area contributed by atoms with Gasteiger partial charge in [0.05, 0.1) is 12.4 Å². The van der Waals surface area contributed by atoms with E-state index in [0.717, 1.165) is 0 Å². The van der Waals surface area contributed by atoms with Crippen LogP contribution in [0.15, 0.2) is 23.3 Å². The van der Waals surface area contributed by atoms with E-state index in [0.29, 0.717) is 18.8 Å². The van der Waals surface area contributed by atoms with E-state index in [1.54, 1.807) is 0 Å². The molecular weight excluding hydrogens is 246 g/mol. The van der Waals surface area contributed by atoms with E-state index in [1.807, 2.05) is 0 Å². The number of nitrogens with one attached hydrogen (secondary N) is 1. The first-order valence-electron chi connectivity index (χ1n) is 4.76. The Labute approximate surface area is 101 Å². The Kier molecular flexibility index (Phi) is 3.61. The normalized spacial score (nSPS) is 10.2. The average Bonchev–Trinajstić information content (AvgIpc) is 2.82. The van der Waals surface area contributed by atoms with Gasteiger partial charge in [-0.25, -0.2) is 4.98 Å². The molecule has 0 aliphatic heterocycles. The van der Waals surface area contributed by atoms with Gasteiger partial charge in [0, 0.05) is 13.0 Å². The molecule has 17 heavy (non-hydrogen) atoms. The lowest BCUT2D eigenvalue weighted by molar-refractivity contribution is 0.0948. The number of carbonyl (C=O) groups excluding carboxylic acids is 1. The second-order valence-corrected chi connectivity index (χ2v) is 3.47. The molecule has 2 aromatic rings. The standard InChI is InChI=1S/C9H8ClN5O2/c10-7-4-11-3-6(14-7)9(16)12-2-1-8-13-5-17-15-8/h3-5H,1-2H2,(H,12,16). The maximum Gasteiger partial charge on any atom is 0.271 e. The summed E-state index contributed by atoms with van der Waals surface area (Å²) in [6.07, 6.45) is 4.42. The van der Waals surface area contributed by atoms with Crippen molar-refractivity contribution < 1.29 is 9.32 Å². The van der Waals surface area contributed by atoms with E-state index >= 15 is 0 Å². The molecule has 8 heteroatoms. The van der Waals surface area contributed by atoms with Crippen molar-refractivity contribution in [3.05, 3.63) is 35.5 Å². The number of nitrogens with zero attached hydrogens (tertiary/aromatic N) is 4. The van der Waals surface area contributed by atoms with Crippen LogP contribution in [0.1, 0.15) is 16.3 Å². The van der Waals surface area contributed by atoms with Gasteiger partial charge < -0.3 is 9.84 Å². The van der Waals surface area contributed by atoms with Gasteiger partial charge in [0.15, 0.2) is 5.82 Å². The van der Waals surface area contributed by atoms with Crippen molar-refractivity contribution in [2.24, 2.45) is 0 Å². The highest BCUT2D eigenvalue weighted by atomic mass is 35.5. The van der Waals surface area contributed by atoms with Crippen LogP contribution in [0.5, 0.6) is 0 Å². The van der Waals surface area contributed by atoms with E-state index < -0.39 is 0 Å². The third kappa shape index (κ3) is 3.22. The quantitative estimate of drug-likeness (QED) is 0.852. The Morgan fingerprint density at radius 1 is 1.47 bits per heavy atom. The minimum absolute atomic E-state index is 0.172. The molecule has 2 rings (SSSR count). The van der Waals surface area contributed by atoms with Crippen LogP contribution in [0.25, 0.3) is 0 Å². The summed E-state index contributed by atoms with van der Waals surface area (Å²) in [4.78, 5) is 23.0. The van der Waals surface area contributed by atoms with Gasteiger partial charge in [-0.15, -0.1) is 0 Å². The number of rotatable bonds is 4. The highest BCUT2D eigenvalue weighted by Crippen LogP contribution is 2.02. The van der Waals surface area contributed by atoms with Gasteiger partial charge in [-0.3, -0.25) is 9.78 Å². The molecule has 0 aromatic carbocycles. The fourth-order valence-electron chi connectivity index (χ4n) is 1.13. The first-order chi connectivity index (χ1) is 8.25. The largest absolute Gasteiger partial charge is 0.350 e. The molecule has 0 aliphatic carbocycles. The van der Waals surface area contributed by atoms with Crippen molar-refractivity contribution in [1.29, 1.82) is 0 Å². The van der Waals surface area contributed by atoms with Gasteiger partial charge in [-0.2, -0.15) is 4.98 Å². The van der Waals surface area contributed by atoms with E-state index in [4.69, 9.17) is 11.6 Å². The predicted molar refractivity (Wildman–Crippen MR) is 57.4 cm³/mol. The molecule has 1 N–H and O–H groups in total. The summed E-state index contributed by atoms with van der Waals surface area (Å²) < 4.78 is 4.56. The molecule has 0 unspecified atom stereocenters. The second-order valence-electron chi connectivity index (χ2n) is 3.08. The van der Waals surface area contributed by atoms with Gasteiger partial charge in [0.1, 0.15) is 10.8 Å². The molecule has 0 radical (unpaired) electrons. The van der Waals surface area contributed by atoms with Crippen LogP contribution in [0.4, 0.5) is 0 Å². The van der Waals surface area contributed by atoms with Crippen molar-refractivity contribution in [2.45, 2.75) is 6.42 Å². The Balaban J connectivity index is 1.85. The lowest BCUT2D eigenvalue weighted by Crippen LogP contribution is -2.26. The number of hydrogen-bond donors (Lipinski definition) is 1. The zero-order chi connectivity index (χ0) is 12.1. The summed E-state index contributed by atoms with van der Waals surface area (Å²) in [7, 11) is 0. The molecule has 1 amide bonds. The number of carbonyl (C=O) groups is 1. The smallest absolute Gasteiger partial charge is 0.271 e. The first kappa shape index (κ1) is 11.5. The Morgan fingerprint density at radius 3 is 3.06 bits per heavy atom. The molecule has 88 valence electrons. The summed E-state index contributed by atoms with van der Waals surface area (Å²) in [5, 5.41) is 6.43. The zero-order valence-electron chi connectivity index (χ0n) is 8.63. The van der Waals surface area contributed by atoms with Crippen molar-refractivity contribution in [3.8, 4) is 0 Å². The minimum Gasteiger partial charge on any atom is -0.350 e. The number of aromatic nitrogens is 4. The Bertz CT molecular complexity index is 502. The summed E-state index contributed by atoms with van der Waals surface area (Å²) in [5.74, 6) is 0.186. The SMILES string of the molecule is O=C(NCCc1ncon1)c1cncc(Cl)n1. The number of amides is 1. The fourth-order valence-corrected chi connectivity index (χ4v) is 1.28. The maximum atomic E-state index is 11.6. The molecule has 0 fully saturated rings. The molecule has 7 nitrogen and oxygen atoms in total. The summed E-state index contributed by atoms with van der Waals surface area (Å²) in [6.45, 7) is 0.382. The molecule has 0 saturated carbocycles. The van der Waals surface area contributed by atoms with Crippen LogP contribution in [-0.4, -0.2) is 32.6 Å². The molecule has 2 heterocycles. The summed E-state index contributed by atoms with van der Waals surface area (Å²) in [5.41, 5.74) is 0.172. The first-order valence-corrected chi connectivity index (χ1v) is 5.14. The molecule has 2 aromatic heterocycles. The second kappa shape index (κ2) is 5.35. The number of halogens is 1. The van der Waals surface area contributed by atoms with Crippen LogP contribution in [0.3, 0.4) is 0 Å². The van der Waals surface area contributed by atoms with E-state index in [9.17, 15) is 4.79 Å². The van der Waals surface area contributed by atoms with Gasteiger partial charge in [0.25, 0.3) is 5.91 Å². The van der Waals surface area contributed by atoms with Crippen molar-refractivity contribution in [3.63, 3.8) is 0 Å². The molecular formula is C9H8ClN5O2. The van der Waals surface area contributed by atoms with Crippen LogP contribution < -0.4 is 5.32 Å². The topological polar surface area (TPSA) is 93.8 Å². The monoisotopic (exact) mass is 253 g/mol. The van der Waals surface area contributed by atoms with Gasteiger partial charge >= 0.3 is 0 Å². The van der Waals surface area contributed by atoms with Crippen LogP contribution >= 0.6 is 11.6 Å². The average molecular weight is 254 g/mol. The highest BCUT2D eigenvalue weighted by molar-refractivity contribution is 6.29. The van der Waals surface area contributed by atoms with Crippen molar-refractivity contribution in [2.75, 3.05) is 6.54 Å². The van der Waals surface area contributed by atoms with Crippen molar-refractivity contribution >= 4 is 17.5 Å². The maximum absolute atomic E-state index is 11.6. The lowest BCUT2D eigenvalue weighted by atomic mass is 10.3. The van der Waals surface area contributed by atoms with E-state index in [2.05, 4.69) is 29.9 Å². The molecule has 0 aliphatic rings. The Morgan fingerprint density at radius 2 is 2.35 bits per heavy atom. The highest BCUT2D eigenvalue weighted by Gasteiger charge is 2.08. The molecule has 0 saturated heterocycles. The Hall–Kier alpha value is -2.02. The number of hydrogen-bond acceptors (Lipinski definition) is 6. The van der Waals surface area contributed by atoms with Gasteiger partial charge in [0.2, 0.25) is 6.39 Å². The third-order valence-corrected chi connectivity index (χ3v) is 2.06. The van der Waals surface area contributed by atoms with Crippen LogP contribution in [0.2, 0.25) is 5.15 Å². The zero-order valence-corrected chi connectivity index (χ0v) is 9.39. The van der Waals surface area contributed by atoms with Crippen LogP contribution in [-0.2, 0) is 6.42 Å². The fraction of sp³-hybridized carbons (Fsp3) is 0.222. The lowest BCUT2D eigenvalue weighted by Gasteiger charge is -2.02. The van der Waals surface area contributed by atoms with Gasteiger partial charge in [-0.05, 0) is 0 Å². The van der Waals surface area contributed by atoms with Crippen molar-refractivity contribution in [1.82, 2.24) is 25.4 Å². The van der Waals surface area contributed by atoms with E-state index in [1.165, 1.54) is 18.8 Å². The molecule has 0 spiro atoms. The third-order valence-electron chi connectivity index (χ3n) is 1.88. The molecule has 0 bridgehead atoms. The summed E-state index contributed by atoms with van der Waals surface area (Å²) in [6, 6.07) is 0. The van der Waals surface area contributed by atoms with Crippen LogP contribution in [0, 0.1) is 0 Å². The predicted octanol–water partition coefficient (Wildman–Crippen LogP) is 0.485. The van der Waals surface area contributed by atoms with Gasteiger partial charge in [-0.1, -0.05) is 16.8 Å². The van der Waals surface area contributed by atoms with E-state index in [-0.39, 0.29) is 16.8 Å².